The third kappa shape index (κ3) is 3.40. The Bertz CT molecular complexity index is 463. The van der Waals surface area contributed by atoms with Crippen molar-refractivity contribution in [2.45, 2.75) is 32.9 Å². The zero-order valence-corrected chi connectivity index (χ0v) is 11.1. The summed E-state index contributed by atoms with van der Waals surface area (Å²) in [6.45, 7) is 6.68. The second-order valence-corrected chi connectivity index (χ2v) is 4.77. The summed E-state index contributed by atoms with van der Waals surface area (Å²) in [4.78, 5) is 6.08. The fraction of sp³-hybridized carbons (Fsp3) is 0.583. The first-order valence-electron chi connectivity index (χ1n) is 6.11. The minimum absolute atomic E-state index is 0.406. The molecule has 18 heavy (non-hydrogen) atoms. The predicted octanol–water partition coefficient (Wildman–Crippen LogP) is 1.52. The molecule has 2 aromatic heterocycles. The van der Waals surface area contributed by atoms with E-state index in [2.05, 4.69) is 41.0 Å². The van der Waals surface area contributed by atoms with E-state index in [-0.39, 0.29) is 0 Å². The number of aromatic nitrogens is 4. The minimum Gasteiger partial charge on any atom is -0.360 e. The Hall–Kier alpha value is -1.69. The fourth-order valence-electron chi connectivity index (χ4n) is 1.64. The smallest absolute Gasteiger partial charge is 0.150 e. The Kier molecular flexibility index (Phi) is 4.09. The van der Waals surface area contributed by atoms with Gasteiger partial charge in [0, 0.05) is 12.6 Å². The predicted molar refractivity (Wildman–Crippen MR) is 66.9 cm³/mol. The maximum Gasteiger partial charge on any atom is 0.150 e. The van der Waals surface area contributed by atoms with Crippen molar-refractivity contribution in [3.63, 3.8) is 0 Å². The number of rotatable bonds is 6. The van der Waals surface area contributed by atoms with Crippen LogP contribution >= 0.6 is 0 Å². The molecule has 0 saturated carbocycles. The molecule has 2 aromatic rings. The molecule has 0 aliphatic carbocycles. The molecular formula is C12H19N5O. The Morgan fingerprint density at radius 2 is 2.28 bits per heavy atom. The van der Waals surface area contributed by atoms with Gasteiger partial charge in [-0.15, -0.1) is 0 Å². The Balaban J connectivity index is 1.81. The zero-order chi connectivity index (χ0) is 13.0. The molecule has 0 saturated heterocycles. The summed E-state index contributed by atoms with van der Waals surface area (Å²) >= 11 is 0. The van der Waals surface area contributed by atoms with Crippen molar-refractivity contribution in [3.8, 4) is 0 Å². The van der Waals surface area contributed by atoms with E-state index < -0.39 is 0 Å². The topological polar surface area (TPSA) is 60.0 Å². The van der Waals surface area contributed by atoms with E-state index in [4.69, 9.17) is 4.52 Å². The van der Waals surface area contributed by atoms with Crippen LogP contribution in [0.5, 0.6) is 0 Å². The summed E-state index contributed by atoms with van der Waals surface area (Å²) in [5, 5.41) is 8.12. The molecule has 0 unspecified atom stereocenters. The largest absolute Gasteiger partial charge is 0.360 e. The van der Waals surface area contributed by atoms with Crippen molar-refractivity contribution in [1.29, 1.82) is 0 Å². The van der Waals surface area contributed by atoms with Crippen LogP contribution in [-0.4, -0.2) is 38.4 Å². The van der Waals surface area contributed by atoms with E-state index in [0.717, 1.165) is 31.1 Å². The van der Waals surface area contributed by atoms with E-state index in [1.54, 1.807) is 12.7 Å². The molecule has 0 aliphatic heterocycles. The van der Waals surface area contributed by atoms with Crippen LogP contribution in [0.15, 0.2) is 23.2 Å². The second-order valence-electron chi connectivity index (χ2n) is 4.77. The third-order valence-corrected chi connectivity index (χ3v) is 2.77. The summed E-state index contributed by atoms with van der Waals surface area (Å²) in [5.74, 6) is 1.31. The number of hydrogen-bond donors (Lipinski definition) is 0. The van der Waals surface area contributed by atoms with Gasteiger partial charge in [-0.2, -0.15) is 5.10 Å². The van der Waals surface area contributed by atoms with Gasteiger partial charge in [0.25, 0.3) is 0 Å². The van der Waals surface area contributed by atoms with Crippen LogP contribution in [0.1, 0.15) is 31.2 Å². The Morgan fingerprint density at radius 1 is 1.44 bits per heavy atom. The summed E-state index contributed by atoms with van der Waals surface area (Å²) < 4.78 is 7.12. The van der Waals surface area contributed by atoms with Crippen LogP contribution in [0.2, 0.25) is 0 Å². The van der Waals surface area contributed by atoms with Crippen LogP contribution in [0.25, 0.3) is 0 Å². The quantitative estimate of drug-likeness (QED) is 0.777. The van der Waals surface area contributed by atoms with E-state index in [0.29, 0.717) is 5.92 Å². The molecule has 0 atom stereocenters. The summed E-state index contributed by atoms with van der Waals surface area (Å²) in [7, 11) is 2.05. The molecule has 0 amide bonds. The van der Waals surface area contributed by atoms with Gasteiger partial charge in [-0.1, -0.05) is 19.0 Å². The lowest BCUT2D eigenvalue weighted by Crippen LogP contribution is -2.22. The van der Waals surface area contributed by atoms with E-state index in [1.165, 1.54) is 0 Å². The SMILES string of the molecule is CC(C)c1cc(CN(C)CCn2cncn2)on1. The van der Waals surface area contributed by atoms with E-state index >= 15 is 0 Å². The van der Waals surface area contributed by atoms with E-state index in [9.17, 15) is 0 Å². The summed E-state index contributed by atoms with van der Waals surface area (Å²) in [5.41, 5.74) is 1.01. The maximum atomic E-state index is 5.31. The molecule has 2 rings (SSSR count). The van der Waals surface area contributed by atoms with Crippen molar-refractivity contribution < 1.29 is 4.52 Å². The molecular weight excluding hydrogens is 230 g/mol. The lowest BCUT2D eigenvalue weighted by molar-refractivity contribution is 0.260. The molecule has 0 bridgehead atoms. The number of hydrogen-bond acceptors (Lipinski definition) is 5. The van der Waals surface area contributed by atoms with Gasteiger partial charge < -0.3 is 4.52 Å². The first kappa shape index (κ1) is 12.8. The van der Waals surface area contributed by atoms with Gasteiger partial charge in [0.2, 0.25) is 0 Å². The highest BCUT2D eigenvalue weighted by molar-refractivity contribution is 5.08. The Morgan fingerprint density at radius 3 is 2.89 bits per heavy atom. The lowest BCUT2D eigenvalue weighted by Gasteiger charge is -2.13. The third-order valence-electron chi connectivity index (χ3n) is 2.77. The highest BCUT2D eigenvalue weighted by Crippen LogP contribution is 2.14. The highest BCUT2D eigenvalue weighted by atomic mass is 16.5. The molecule has 0 radical (unpaired) electrons. The average molecular weight is 249 g/mol. The van der Waals surface area contributed by atoms with Crippen LogP contribution in [-0.2, 0) is 13.1 Å². The van der Waals surface area contributed by atoms with Crippen LogP contribution in [0.3, 0.4) is 0 Å². The number of likely N-dealkylation sites (N-methyl/N-ethyl adjacent to an activating group) is 1. The summed E-state index contributed by atoms with van der Waals surface area (Å²) in [6, 6.07) is 2.02. The van der Waals surface area contributed by atoms with Gasteiger partial charge >= 0.3 is 0 Å². The maximum absolute atomic E-state index is 5.31. The van der Waals surface area contributed by atoms with Crippen molar-refractivity contribution in [2.24, 2.45) is 0 Å². The first-order chi connectivity index (χ1) is 8.65. The van der Waals surface area contributed by atoms with Crippen molar-refractivity contribution in [1.82, 2.24) is 24.8 Å². The van der Waals surface area contributed by atoms with Gasteiger partial charge in [0.1, 0.15) is 12.7 Å². The summed E-state index contributed by atoms with van der Waals surface area (Å²) in [6.07, 6.45) is 3.27. The normalized spacial score (nSPS) is 11.6. The van der Waals surface area contributed by atoms with Crippen LogP contribution in [0, 0.1) is 0 Å². The molecule has 0 N–H and O–H groups in total. The Labute approximate surface area is 107 Å². The second kappa shape index (κ2) is 5.77. The minimum atomic E-state index is 0.406. The molecule has 6 heteroatoms. The van der Waals surface area contributed by atoms with E-state index in [1.807, 2.05) is 10.7 Å². The van der Waals surface area contributed by atoms with Gasteiger partial charge in [-0.3, -0.25) is 9.58 Å². The van der Waals surface area contributed by atoms with Crippen molar-refractivity contribution in [3.05, 3.63) is 30.2 Å². The van der Waals surface area contributed by atoms with Gasteiger partial charge in [-0.25, -0.2) is 4.98 Å². The molecule has 6 nitrogen and oxygen atoms in total. The fourth-order valence-corrected chi connectivity index (χ4v) is 1.64. The standard InChI is InChI=1S/C12H19N5O/c1-10(2)12-6-11(18-15-12)7-16(3)4-5-17-9-13-8-14-17/h6,8-10H,4-5,7H2,1-3H3. The molecule has 0 aromatic carbocycles. The monoisotopic (exact) mass is 249 g/mol. The molecule has 0 aliphatic rings. The van der Waals surface area contributed by atoms with Crippen molar-refractivity contribution >= 4 is 0 Å². The molecule has 2 heterocycles. The number of nitrogens with zero attached hydrogens (tertiary/aromatic N) is 5. The van der Waals surface area contributed by atoms with Crippen molar-refractivity contribution in [2.75, 3.05) is 13.6 Å². The van der Waals surface area contributed by atoms with Gasteiger partial charge in [0.15, 0.2) is 5.76 Å². The molecule has 0 spiro atoms. The molecule has 98 valence electrons. The zero-order valence-electron chi connectivity index (χ0n) is 11.1. The van der Waals surface area contributed by atoms with Crippen LogP contribution < -0.4 is 0 Å². The lowest BCUT2D eigenvalue weighted by atomic mass is 10.1. The molecule has 0 fully saturated rings. The highest BCUT2D eigenvalue weighted by Gasteiger charge is 2.09. The van der Waals surface area contributed by atoms with Gasteiger partial charge in [0.05, 0.1) is 18.8 Å². The average Bonchev–Trinajstić information content (AvgIpc) is 2.96. The first-order valence-corrected chi connectivity index (χ1v) is 6.11. The van der Waals surface area contributed by atoms with Crippen LogP contribution in [0.4, 0.5) is 0 Å². The van der Waals surface area contributed by atoms with Gasteiger partial charge in [-0.05, 0) is 13.0 Å².